The zero-order chi connectivity index (χ0) is 13.1. The molecule has 0 saturated carbocycles. The SMILES string of the molecule is COc1cc(NC2CCN(C)C(C)C2)ccc1Br. The molecule has 100 valence electrons. The van der Waals surface area contributed by atoms with Crippen LogP contribution in [0, 0.1) is 0 Å². The summed E-state index contributed by atoms with van der Waals surface area (Å²) in [4.78, 5) is 2.42. The van der Waals surface area contributed by atoms with Crippen LogP contribution in [0.15, 0.2) is 22.7 Å². The van der Waals surface area contributed by atoms with Crippen LogP contribution in [0.5, 0.6) is 5.75 Å². The van der Waals surface area contributed by atoms with Crippen LogP contribution >= 0.6 is 15.9 Å². The second-order valence-electron chi connectivity index (χ2n) is 5.04. The van der Waals surface area contributed by atoms with E-state index in [-0.39, 0.29) is 0 Å². The molecule has 0 aromatic heterocycles. The molecule has 2 rings (SSSR count). The van der Waals surface area contributed by atoms with E-state index in [1.165, 1.54) is 12.8 Å². The van der Waals surface area contributed by atoms with Crippen LogP contribution in [0.1, 0.15) is 19.8 Å². The van der Waals surface area contributed by atoms with E-state index in [2.05, 4.69) is 46.2 Å². The summed E-state index contributed by atoms with van der Waals surface area (Å²) in [5.74, 6) is 0.876. The van der Waals surface area contributed by atoms with E-state index in [9.17, 15) is 0 Å². The molecule has 2 atom stereocenters. The Morgan fingerprint density at radius 2 is 2.22 bits per heavy atom. The van der Waals surface area contributed by atoms with Gasteiger partial charge in [0.05, 0.1) is 11.6 Å². The summed E-state index contributed by atoms with van der Waals surface area (Å²) in [7, 11) is 3.89. The van der Waals surface area contributed by atoms with Gasteiger partial charge >= 0.3 is 0 Å². The topological polar surface area (TPSA) is 24.5 Å². The van der Waals surface area contributed by atoms with Crippen molar-refractivity contribution < 1.29 is 4.74 Å². The van der Waals surface area contributed by atoms with E-state index in [4.69, 9.17) is 4.74 Å². The Labute approximate surface area is 118 Å². The summed E-state index contributed by atoms with van der Waals surface area (Å²) in [6.45, 7) is 3.45. The molecule has 1 saturated heterocycles. The predicted molar refractivity (Wildman–Crippen MR) is 79.4 cm³/mol. The molecule has 1 aliphatic heterocycles. The first kappa shape index (κ1) is 13.7. The Morgan fingerprint density at radius 3 is 2.89 bits per heavy atom. The first-order valence-electron chi connectivity index (χ1n) is 6.40. The van der Waals surface area contributed by atoms with Crippen molar-refractivity contribution in [1.29, 1.82) is 0 Å². The number of halogens is 1. The van der Waals surface area contributed by atoms with E-state index in [0.717, 1.165) is 22.5 Å². The number of piperidine rings is 1. The van der Waals surface area contributed by atoms with E-state index in [0.29, 0.717) is 12.1 Å². The fourth-order valence-corrected chi connectivity index (χ4v) is 2.81. The van der Waals surface area contributed by atoms with Gasteiger partial charge in [0.25, 0.3) is 0 Å². The van der Waals surface area contributed by atoms with Crippen LogP contribution in [0.3, 0.4) is 0 Å². The molecule has 18 heavy (non-hydrogen) atoms. The second kappa shape index (κ2) is 5.93. The van der Waals surface area contributed by atoms with Crippen LogP contribution in [0.4, 0.5) is 5.69 Å². The van der Waals surface area contributed by atoms with Gasteiger partial charge in [-0.1, -0.05) is 0 Å². The number of ether oxygens (including phenoxy) is 1. The number of nitrogens with zero attached hydrogens (tertiary/aromatic N) is 1. The van der Waals surface area contributed by atoms with Gasteiger partial charge < -0.3 is 15.0 Å². The van der Waals surface area contributed by atoms with Crippen LogP contribution in [0.25, 0.3) is 0 Å². The smallest absolute Gasteiger partial charge is 0.135 e. The van der Waals surface area contributed by atoms with Gasteiger partial charge in [0.2, 0.25) is 0 Å². The normalized spacial score (nSPS) is 24.9. The molecule has 0 spiro atoms. The van der Waals surface area contributed by atoms with Gasteiger partial charge in [-0.3, -0.25) is 0 Å². The molecule has 4 heteroatoms. The van der Waals surface area contributed by atoms with Crippen molar-refractivity contribution in [1.82, 2.24) is 4.90 Å². The lowest BCUT2D eigenvalue weighted by Gasteiger charge is -2.35. The minimum atomic E-state index is 0.557. The standard InChI is InChI=1S/C14H21BrN2O/c1-10-8-12(6-7-17(10)2)16-11-4-5-13(15)14(9-11)18-3/h4-5,9-10,12,16H,6-8H2,1-3H3. The van der Waals surface area contributed by atoms with Gasteiger partial charge in [0, 0.05) is 30.4 Å². The summed E-state index contributed by atoms with van der Waals surface area (Å²) >= 11 is 3.47. The van der Waals surface area contributed by atoms with E-state index in [1.807, 2.05) is 12.1 Å². The second-order valence-corrected chi connectivity index (χ2v) is 5.90. The summed E-state index contributed by atoms with van der Waals surface area (Å²) < 4.78 is 6.31. The minimum Gasteiger partial charge on any atom is -0.495 e. The fraction of sp³-hybridized carbons (Fsp3) is 0.571. The Morgan fingerprint density at radius 1 is 1.44 bits per heavy atom. The predicted octanol–water partition coefficient (Wildman–Crippen LogP) is 3.35. The first-order valence-corrected chi connectivity index (χ1v) is 7.19. The lowest BCUT2D eigenvalue weighted by Crippen LogP contribution is -2.42. The maximum absolute atomic E-state index is 5.32. The third-order valence-electron chi connectivity index (χ3n) is 3.73. The molecular weight excluding hydrogens is 292 g/mol. The minimum absolute atomic E-state index is 0.557. The molecule has 1 aromatic rings. The number of methoxy groups -OCH3 is 1. The third kappa shape index (κ3) is 3.18. The Bertz CT molecular complexity index is 411. The monoisotopic (exact) mass is 312 g/mol. The average Bonchev–Trinajstić information content (AvgIpc) is 2.36. The van der Waals surface area contributed by atoms with Gasteiger partial charge in [-0.15, -0.1) is 0 Å². The lowest BCUT2D eigenvalue weighted by atomic mass is 9.98. The van der Waals surface area contributed by atoms with Crippen molar-refractivity contribution in [3.63, 3.8) is 0 Å². The number of rotatable bonds is 3. The van der Waals surface area contributed by atoms with Crippen LogP contribution in [-0.2, 0) is 0 Å². The number of nitrogens with one attached hydrogen (secondary N) is 1. The highest BCUT2D eigenvalue weighted by atomic mass is 79.9. The highest BCUT2D eigenvalue weighted by Gasteiger charge is 2.22. The molecule has 1 aromatic carbocycles. The average molecular weight is 313 g/mol. The molecule has 0 bridgehead atoms. The Balaban J connectivity index is 2.01. The van der Waals surface area contributed by atoms with Crippen LogP contribution < -0.4 is 10.1 Å². The highest BCUT2D eigenvalue weighted by Crippen LogP contribution is 2.29. The largest absolute Gasteiger partial charge is 0.495 e. The molecule has 1 N–H and O–H groups in total. The first-order chi connectivity index (χ1) is 8.60. The Hall–Kier alpha value is -0.740. The molecule has 3 nitrogen and oxygen atoms in total. The molecule has 0 aliphatic carbocycles. The van der Waals surface area contributed by atoms with E-state index in [1.54, 1.807) is 7.11 Å². The van der Waals surface area contributed by atoms with Crippen molar-refractivity contribution in [3.8, 4) is 5.75 Å². The van der Waals surface area contributed by atoms with Crippen molar-refractivity contribution in [2.75, 3.05) is 26.0 Å². The van der Waals surface area contributed by atoms with Crippen molar-refractivity contribution >= 4 is 21.6 Å². The zero-order valence-electron chi connectivity index (χ0n) is 11.2. The molecule has 2 unspecified atom stereocenters. The third-order valence-corrected chi connectivity index (χ3v) is 4.39. The quantitative estimate of drug-likeness (QED) is 0.926. The maximum atomic E-state index is 5.32. The molecular formula is C14H21BrN2O. The fourth-order valence-electron chi connectivity index (χ4n) is 2.41. The van der Waals surface area contributed by atoms with Crippen molar-refractivity contribution in [2.24, 2.45) is 0 Å². The number of hydrogen-bond acceptors (Lipinski definition) is 3. The number of hydrogen-bond donors (Lipinski definition) is 1. The molecule has 1 heterocycles. The number of likely N-dealkylation sites (tertiary alicyclic amines) is 1. The summed E-state index contributed by atoms with van der Waals surface area (Å²) in [6, 6.07) is 7.37. The van der Waals surface area contributed by atoms with Gasteiger partial charge in [0.15, 0.2) is 0 Å². The maximum Gasteiger partial charge on any atom is 0.135 e. The van der Waals surface area contributed by atoms with Crippen molar-refractivity contribution in [3.05, 3.63) is 22.7 Å². The summed E-state index contributed by atoms with van der Waals surface area (Å²) in [5.41, 5.74) is 1.14. The highest BCUT2D eigenvalue weighted by molar-refractivity contribution is 9.10. The molecule has 1 aliphatic rings. The van der Waals surface area contributed by atoms with Gasteiger partial charge in [-0.25, -0.2) is 0 Å². The van der Waals surface area contributed by atoms with Gasteiger partial charge in [0.1, 0.15) is 5.75 Å². The summed E-state index contributed by atoms with van der Waals surface area (Å²) in [6.07, 6.45) is 2.38. The number of benzene rings is 1. The summed E-state index contributed by atoms with van der Waals surface area (Å²) in [5, 5.41) is 3.61. The molecule has 1 fully saturated rings. The lowest BCUT2D eigenvalue weighted by molar-refractivity contribution is 0.190. The zero-order valence-corrected chi connectivity index (χ0v) is 12.8. The van der Waals surface area contributed by atoms with Crippen LogP contribution in [-0.4, -0.2) is 37.7 Å². The molecule has 0 amide bonds. The number of anilines is 1. The van der Waals surface area contributed by atoms with Crippen molar-refractivity contribution in [2.45, 2.75) is 31.8 Å². The van der Waals surface area contributed by atoms with E-state index >= 15 is 0 Å². The van der Waals surface area contributed by atoms with Gasteiger partial charge in [-0.2, -0.15) is 0 Å². The Kier molecular flexibility index (Phi) is 4.51. The van der Waals surface area contributed by atoms with Gasteiger partial charge in [-0.05, 0) is 54.9 Å². The van der Waals surface area contributed by atoms with Crippen LogP contribution in [0.2, 0.25) is 0 Å². The van der Waals surface area contributed by atoms with E-state index < -0.39 is 0 Å². The molecule has 0 radical (unpaired) electrons.